The lowest BCUT2D eigenvalue weighted by Crippen LogP contribution is -2.08. The zero-order valence-electron chi connectivity index (χ0n) is 8.54. The van der Waals surface area contributed by atoms with Gasteiger partial charge in [-0.3, -0.25) is 0 Å². The van der Waals surface area contributed by atoms with Crippen molar-refractivity contribution in [2.24, 2.45) is 0 Å². The van der Waals surface area contributed by atoms with Crippen molar-refractivity contribution in [1.29, 1.82) is 0 Å². The maximum absolute atomic E-state index is 12.4. The van der Waals surface area contributed by atoms with Crippen molar-refractivity contribution in [3.05, 3.63) is 46.4 Å². The van der Waals surface area contributed by atoms with Crippen LogP contribution in [0, 0.1) is 0 Å². The van der Waals surface area contributed by atoms with E-state index >= 15 is 0 Å². The predicted molar refractivity (Wildman–Crippen MR) is 70.9 cm³/mol. The first-order valence-corrected chi connectivity index (χ1v) is 6.83. The fraction of sp³-hybridized carbons (Fsp3) is 0. The molecule has 0 amide bonds. The van der Waals surface area contributed by atoms with Gasteiger partial charge in [-0.25, -0.2) is 4.21 Å². The zero-order chi connectivity index (χ0) is 12.0. The van der Waals surface area contributed by atoms with Crippen LogP contribution < -0.4 is 5.32 Å². The standard InChI is InChI=1S/C12H7Cl2NOS/c13-7-1-3-9-11(5-7)17(16)12-6-8(14)2-4-10(12)15-9/h1-6,15H. The molecule has 0 fully saturated rings. The molecule has 2 aromatic rings. The van der Waals surface area contributed by atoms with Crippen molar-refractivity contribution >= 4 is 45.4 Å². The average molecular weight is 284 g/mol. The first-order valence-electron chi connectivity index (χ1n) is 4.93. The highest BCUT2D eigenvalue weighted by molar-refractivity contribution is 7.85. The Morgan fingerprint density at radius 3 is 1.82 bits per heavy atom. The number of rotatable bonds is 0. The number of benzene rings is 2. The molecular weight excluding hydrogens is 277 g/mol. The summed E-state index contributed by atoms with van der Waals surface area (Å²) in [6, 6.07) is 10.6. The van der Waals surface area contributed by atoms with Gasteiger partial charge in [0, 0.05) is 10.0 Å². The van der Waals surface area contributed by atoms with Crippen LogP contribution in [0.3, 0.4) is 0 Å². The summed E-state index contributed by atoms with van der Waals surface area (Å²) < 4.78 is 12.4. The van der Waals surface area contributed by atoms with Crippen molar-refractivity contribution in [2.75, 3.05) is 5.32 Å². The van der Waals surface area contributed by atoms with Crippen LogP contribution >= 0.6 is 23.2 Å². The van der Waals surface area contributed by atoms with Gasteiger partial charge in [0.15, 0.2) is 0 Å². The van der Waals surface area contributed by atoms with E-state index in [1.165, 1.54) is 0 Å². The van der Waals surface area contributed by atoms with Crippen LogP contribution in [0.15, 0.2) is 46.2 Å². The molecule has 17 heavy (non-hydrogen) atoms. The molecule has 0 radical (unpaired) electrons. The summed E-state index contributed by atoms with van der Waals surface area (Å²) >= 11 is 11.8. The Hall–Kier alpha value is -1.03. The Morgan fingerprint density at radius 2 is 1.35 bits per heavy atom. The van der Waals surface area contributed by atoms with Crippen LogP contribution in [0.2, 0.25) is 10.0 Å². The lowest BCUT2D eigenvalue weighted by Gasteiger charge is -2.20. The number of nitrogens with one attached hydrogen (secondary N) is 1. The number of hydrogen-bond donors (Lipinski definition) is 1. The number of hydrogen-bond acceptors (Lipinski definition) is 2. The molecule has 1 heterocycles. The lowest BCUT2D eigenvalue weighted by atomic mass is 10.2. The van der Waals surface area contributed by atoms with Gasteiger partial charge in [0.05, 0.1) is 32.0 Å². The number of fused-ring (bicyclic) bond motifs is 2. The van der Waals surface area contributed by atoms with E-state index in [1.807, 2.05) is 12.1 Å². The highest BCUT2D eigenvalue weighted by atomic mass is 35.5. The summed E-state index contributed by atoms with van der Waals surface area (Å²) in [6.45, 7) is 0. The van der Waals surface area contributed by atoms with E-state index in [1.54, 1.807) is 24.3 Å². The third-order valence-electron chi connectivity index (χ3n) is 2.56. The second kappa shape index (κ2) is 4.02. The molecule has 0 spiro atoms. The first-order chi connectivity index (χ1) is 8.15. The average Bonchev–Trinajstić information content (AvgIpc) is 2.32. The minimum atomic E-state index is -1.24. The molecule has 1 aliphatic heterocycles. The van der Waals surface area contributed by atoms with Crippen LogP contribution in [-0.2, 0) is 10.8 Å². The van der Waals surface area contributed by atoms with Crippen LogP contribution in [0.4, 0.5) is 11.4 Å². The third kappa shape index (κ3) is 1.84. The van der Waals surface area contributed by atoms with Gasteiger partial charge in [-0.05, 0) is 36.4 Å². The van der Waals surface area contributed by atoms with E-state index in [2.05, 4.69) is 5.32 Å². The van der Waals surface area contributed by atoms with E-state index in [9.17, 15) is 4.21 Å². The van der Waals surface area contributed by atoms with Gasteiger partial charge in [0.2, 0.25) is 0 Å². The number of anilines is 2. The van der Waals surface area contributed by atoms with Gasteiger partial charge in [0.25, 0.3) is 0 Å². The summed E-state index contributed by atoms with van der Waals surface area (Å²) in [5.41, 5.74) is 1.64. The van der Waals surface area contributed by atoms with Crippen LogP contribution in [0.25, 0.3) is 0 Å². The molecule has 1 N–H and O–H groups in total. The summed E-state index contributed by atoms with van der Waals surface area (Å²) in [7, 11) is -1.24. The normalized spacial score (nSPS) is 13.8. The Balaban J connectivity index is 2.21. The molecule has 0 saturated carbocycles. The molecule has 0 atom stereocenters. The highest BCUT2D eigenvalue weighted by Crippen LogP contribution is 2.38. The van der Waals surface area contributed by atoms with Gasteiger partial charge in [-0.15, -0.1) is 0 Å². The van der Waals surface area contributed by atoms with E-state index in [4.69, 9.17) is 23.2 Å². The second-order valence-electron chi connectivity index (χ2n) is 3.67. The fourth-order valence-electron chi connectivity index (χ4n) is 1.77. The van der Waals surface area contributed by atoms with E-state index in [0.29, 0.717) is 19.8 Å². The Morgan fingerprint density at radius 1 is 0.882 bits per heavy atom. The molecule has 86 valence electrons. The van der Waals surface area contributed by atoms with Crippen LogP contribution in [0.1, 0.15) is 0 Å². The largest absolute Gasteiger partial charge is 0.354 e. The van der Waals surface area contributed by atoms with Crippen LogP contribution in [0.5, 0.6) is 0 Å². The van der Waals surface area contributed by atoms with Crippen molar-refractivity contribution in [3.63, 3.8) is 0 Å². The lowest BCUT2D eigenvalue weighted by molar-refractivity contribution is 0.683. The van der Waals surface area contributed by atoms with Gasteiger partial charge in [-0.1, -0.05) is 23.2 Å². The first kappa shape index (κ1) is 11.1. The Bertz CT molecular complexity index is 589. The molecule has 2 nitrogen and oxygen atoms in total. The molecule has 0 unspecified atom stereocenters. The van der Waals surface area contributed by atoms with Crippen molar-refractivity contribution < 1.29 is 4.21 Å². The maximum Gasteiger partial charge on any atom is 0.0893 e. The van der Waals surface area contributed by atoms with Gasteiger partial charge < -0.3 is 5.32 Å². The van der Waals surface area contributed by atoms with Crippen molar-refractivity contribution in [2.45, 2.75) is 9.79 Å². The van der Waals surface area contributed by atoms with Crippen molar-refractivity contribution in [1.82, 2.24) is 0 Å². The monoisotopic (exact) mass is 283 g/mol. The van der Waals surface area contributed by atoms with Crippen LogP contribution in [-0.4, -0.2) is 4.21 Å². The molecular formula is C12H7Cl2NOS. The molecule has 0 aromatic heterocycles. The molecule has 0 bridgehead atoms. The summed E-state index contributed by atoms with van der Waals surface area (Å²) in [6.07, 6.45) is 0. The summed E-state index contributed by atoms with van der Waals surface area (Å²) in [4.78, 5) is 1.37. The quantitative estimate of drug-likeness (QED) is 0.669. The molecule has 1 aliphatic rings. The molecule has 0 saturated heterocycles. The summed E-state index contributed by atoms with van der Waals surface area (Å²) in [5, 5.41) is 4.36. The number of halogens is 2. The van der Waals surface area contributed by atoms with Gasteiger partial charge in [0.1, 0.15) is 0 Å². The van der Waals surface area contributed by atoms with E-state index in [0.717, 1.165) is 11.4 Å². The predicted octanol–water partition coefficient (Wildman–Crippen LogP) is 4.22. The zero-order valence-corrected chi connectivity index (χ0v) is 10.9. The topological polar surface area (TPSA) is 29.1 Å². The van der Waals surface area contributed by atoms with E-state index in [-0.39, 0.29) is 0 Å². The third-order valence-corrected chi connectivity index (χ3v) is 4.50. The Labute approximate surface area is 111 Å². The second-order valence-corrected chi connectivity index (χ2v) is 5.96. The molecule has 2 aromatic carbocycles. The Kier molecular flexibility index (Phi) is 2.62. The van der Waals surface area contributed by atoms with Gasteiger partial charge in [-0.2, -0.15) is 0 Å². The molecule has 0 aliphatic carbocycles. The minimum Gasteiger partial charge on any atom is -0.354 e. The minimum absolute atomic E-state index is 0.573. The van der Waals surface area contributed by atoms with E-state index < -0.39 is 10.8 Å². The van der Waals surface area contributed by atoms with Crippen molar-refractivity contribution in [3.8, 4) is 0 Å². The molecule has 3 rings (SSSR count). The maximum atomic E-state index is 12.4. The molecule has 5 heteroatoms. The highest BCUT2D eigenvalue weighted by Gasteiger charge is 2.22. The van der Waals surface area contributed by atoms with Gasteiger partial charge >= 0.3 is 0 Å². The smallest absolute Gasteiger partial charge is 0.0893 e. The summed E-state index contributed by atoms with van der Waals surface area (Å²) in [5.74, 6) is 0. The SMILES string of the molecule is O=S1c2cc(Cl)ccc2Nc2ccc(Cl)cc21. The fourth-order valence-corrected chi connectivity index (χ4v) is 3.59.